The Balaban J connectivity index is 0.00000480. The summed E-state index contributed by atoms with van der Waals surface area (Å²) in [5.41, 5.74) is 10.5. The minimum absolute atomic E-state index is 0. The molecule has 0 spiro atoms. The van der Waals surface area contributed by atoms with E-state index in [1.54, 1.807) is 13.2 Å². The molecule has 0 aliphatic carbocycles. The average Bonchev–Trinajstić information content (AvgIpc) is 3.05. The van der Waals surface area contributed by atoms with Crippen LogP contribution in [0.3, 0.4) is 0 Å². The Bertz CT molecular complexity index is 1710. The van der Waals surface area contributed by atoms with Crippen LogP contribution < -0.4 is 24.8 Å². The van der Waals surface area contributed by atoms with E-state index in [-0.39, 0.29) is 36.0 Å². The number of benzene rings is 4. The summed E-state index contributed by atoms with van der Waals surface area (Å²) in [5.74, 6) is -0.565. The van der Waals surface area contributed by atoms with Gasteiger partial charge in [0.25, 0.3) is 0 Å². The molecule has 4 aromatic rings. The highest BCUT2D eigenvalue weighted by Gasteiger charge is 2.27. The van der Waals surface area contributed by atoms with Gasteiger partial charge < -0.3 is 19.5 Å². The van der Waals surface area contributed by atoms with Crippen LogP contribution in [-0.4, -0.2) is 44.3 Å². The lowest BCUT2D eigenvalue weighted by Crippen LogP contribution is -2.42. The summed E-state index contributed by atoms with van der Waals surface area (Å²) in [5, 5.41) is 11.4. The van der Waals surface area contributed by atoms with E-state index in [0.29, 0.717) is 21.5 Å². The number of aryl methyl sites for hydroxylation is 1. The number of rotatable bonds is 10. The number of hydrogen-bond acceptors (Lipinski definition) is 6. The minimum atomic E-state index is -1.11. The van der Waals surface area contributed by atoms with Gasteiger partial charge in [-0.05, 0) is 79.6 Å². The molecule has 0 atom stereocenters. The standard InChI is InChI=1S/C36H38BrN3O5.ClH/c1-23-12-11-15-30(39-18-9-6-10-19-39)34(23)40(31-17-16-27(24(2)35(31)45-4)25-13-7-5-8-14-25)38-33(41)21-26-20-32(44-3)28(36(42)43)22-29(26)37;/h5,7-8,11-17,20,22H,6,9-10,18-19,21H2,1-4H3,(H,38,41)(H,42,43);1H. The van der Waals surface area contributed by atoms with Gasteiger partial charge in [0.1, 0.15) is 22.7 Å². The fourth-order valence-electron chi connectivity index (χ4n) is 6.01. The van der Waals surface area contributed by atoms with Gasteiger partial charge in [-0.3, -0.25) is 10.2 Å². The number of hydrazine groups is 1. The molecule has 0 bridgehead atoms. The maximum absolute atomic E-state index is 13.9. The third kappa shape index (κ3) is 7.26. The molecule has 0 saturated carbocycles. The number of halogens is 2. The number of para-hydroxylation sites is 1. The fourth-order valence-corrected chi connectivity index (χ4v) is 6.49. The number of anilines is 3. The van der Waals surface area contributed by atoms with Gasteiger partial charge in [-0.15, -0.1) is 12.4 Å². The molecule has 1 heterocycles. The van der Waals surface area contributed by atoms with Crippen LogP contribution in [-0.2, 0) is 11.2 Å². The monoisotopic (exact) mass is 707 g/mol. The van der Waals surface area contributed by atoms with Crippen LogP contribution >= 0.6 is 28.3 Å². The molecule has 4 aromatic carbocycles. The Labute approximate surface area is 284 Å². The van der Waals surface area contributed by atoms with Crippen molar-refractivity contribution in [2.75, 3.05) is 37.2 Å². The van der Waals surface area contributed by atoms with Crippen molar-refractivity contribution in [1.29, 1.82) is 0 Å². The molecule has 0 unspecified atom stereocenters. The van der Waals surface area contributed by atoms with E-state index in [4.69, 9.17) is 9.47 Å². The number of nitrogens with zero attached hydrogens (tertiary/aromatic N) is 2. The zero-order chi connectivity index (χ0) is 32.1. The normalized spacial score (nSPS) is 12.6. The zero-order valence-electron chi connectivity index (χ0n) is 26.4. The van der Waals surface area contributed by atoms with Gasteiger partial charge in [-0.25, -0.2) is 9.80 Å². The Morgan fingerprint density at radius 1 is 0.935 bits per heavy atom. The number of aromatic carboxylic acids is 1. The van der Waals surface area contributed by atoms with Crippen LogP contribution in [0.25, 0.3) is 11.1 Å². The molecule has 1 saturated heterocycles. The van der Waals surface area contributed by atoms with Crippen LogP contribution in [0.5, 0.6) is 11.5 Å². The third-order valence-corrected chi connectivity index (χ3v) is 8.98. The van der Waals surface area contributed by atoms with Crippen molar-refractivity contribution in [3.05, 3.63) is 99.5 Å². The number of carboxylic acids is 1. The first-order valence-electron chi connectivity index (χ1n) is 15.0. The van der Waals surface area contributed by atoms with Crippen molar-refractivity contribution < 1.29 is 24.2 Å². The molecule has 5 rings (SSSR count). The lowest BCUT2D eigenvalue weighted by molar-refractivity contribution is -0.120. The molecule has 1 aliphatic rings. The third-order valence-electron chi connectivity index (χ3n) is 8.24. The van der Waals surface area contributed by atoms with Crippen molar-refractivity contribution in [3.63, 3.8) is 0 Å². The highest BCUT2D eigenvalue weighted by Crippen LogP contribution is 2.44. The predicted octanol–water partition coefficient (Wildman–Crippen LogP) is 8.27. The number of piperidine rings is 1. The predicted molar refractivity (Wildman–Crippen MR) is 189 cm³/mol. The highest BCUT2D eigenvalue weighted by atomic mass is 79.9. The van der Waals surface area contributed by atoms with E-state index in [1.165, 1.54) is 19.6 Å². The number of nitrogens with one attached hydrogen (secondary N) is 1. The number of carbonyl (C=O) groups excluding carboxylic acids is 1. The summed E-state index contributed by atoms with van der Waals surface area (Å²) < 4.78 is 11.9. The van der Waals surface area contributed by atoms with Gasteiger partial charge in [-0.1, -0.05) is 64.5 Å². The molecule has 0 radical (unpaired) electrons. The van der Waals surface area contributed by atoms with E-state index in [1.807, 2.05) is 49.2 Å². The molecule has 0 aromatic heterocycles. The van der Waals surface area contributed by atoms with Crippen LogP contribution in [0.1, 0.15) is 46.3 Å². The number of hydrogen-bond donors (Lipinski definition) is 2. The lowest BCUT2D eigenvalue weighted by atomic mass is 9.98. The van der Waals surface area contributed by atoms with Gasteiger partial charge in [0.2, 0.25) is 5.91 Å². The molecular weight excluding hydrogens is 670 g/mol. The summed E-state index contributed by atoms with van der Waals surface area (Å²) in [6.45, 7) is 5.95. The first-order chi connectivity index (χ1) is 21.7. The average molecular weight is 709 g/mol. The van der Waals surface area contributed by atoms with E-state index in [2.05, 4.69) is 56.6 Å². The summed E-state index contributed by atoms with van der Waals surface area (Å²) in [7, 11) is 3.06. The summed E-state index contributed by atoms with van der Waals surface area (Å²) in [6, 6.07) is 23.5. The van der Waals surface area contributed by atoms with Gasteiger partial charge in [0.15, 0.2) is 0 Å². The summed E-state index contributed by atoms with van der Waals surface area (Å²) in [4.78, 5) is 28.0. The Kier molecular flexibility index (Phi) is 11.6. The minimum Gasteiger partial charge on any atom is -0.496 e. The Hall–Kier alpha value is -4.21. The quantitative estimate of drug-likeness (QED) is 0.160. The van der Waals surface area contributed by atoms with Gasteiger partial charge in [-0.2, -0.15) is 0 Å². The van der Waals surface area contributed by atoms with Crippen molar-refractivity contribution in [1.82, 2.24) is 5.43 Å². The number of carboxylic acid groups (broad SMARTS) is 1. The molecule has 1 aliphatic heterocycles. The van der Waals surface area contributed by atoms with E-state index in [0.717, 1.165) is 59.6 Å². The first kappa shape index (κ1) is 34.7. The summed E-state index contributed by atoms with van der Waals surface area (Å²) >= 11 is 3.46. The molecule has 242 valence electrons. The van der Waals surface area contributed by atoms with Gasteiger partial charge in [0.05, 0.1) is 32.0 Å². The Morgan fingerprint density at radius 3 is 2.30 bits per heavy atom. The van der Waals surface area contributed by atoms with E-state index in [9.17, 15) is 14.7 Å². The lowest BCUT2D eigenvalue weighted by Gasteiger charge is -2.36. The second kappa shape index (κ2) is 15.4. The van der Waals surface area contributed by atoms with Crippen LogP contribution in [0.4, 0.5) is 17.1 Å². The van der Waals surface area contributed by atoms with E-state index >= 15 is 0 Å². The van der Waals surface area contributed by atoms with Crippen LogP contribution in [0.2, 0.25) is 0 Å². The summed E-state index contributed by atoms with van der Waals surface area (Å²) in [6.07, 6.45) is 3.39. The van der Waals surface area contributed by atoms with Gasteiger partial charge in [0, 0.05) is 23.1 Å². The molecule has 8 nitrogen and oxygen atoms in total. The highest BCUT2D eigenvalue weighted by molar-refractivity contribution is 9.10. The van der Waals surface area contributed by atoms with Crippen molar-refractivity contribution in [2.24, 2.45) is 0 Å². The fraction of sp³-hybridized carbons (Fsp3) is 0.278. The van der Waals surface area contributed by atoms with Crippen molar-refractivity contribution in [2.45, 2.75) is 39.5 Å². The molecule has 1 fully saturated rings. The van der Waals surface area contributed by atoms with Gasteiger partial charge >= 0.3 is 5.97 Å². The maximum Gasteiger partial charge on any atom is 0.339 e. The number of methoxy groups -OCH3 is 2. The van der Waals surface area contributed by atoms with Crippen LogP contribution in [0, 0.1) is 13.8 Å². The maximum atomic E-state index is 13.9. The smallest absolute Gasteiger partial charge is 0.339 e. The zero-order valence-corrected chi connectivity index (χ0v) is 28.8. The van der Waals surface area contributed by atoms with Crippen molar-refractivity contribution >= 4 is 57.3 Å². The number of carbonyl (C=O) groups is 2. The SMILES string of the molecule is COc1cc(CC(=O)NN(c2ccc(-c3ccccc3)c(C)c2OC)c2c(C)cccc2N2CCCCC2)c(Br)cc1C(=O)O.Cl. The molecular formula is C36H39BrClN3O5. The number of amides is 1. The second-order valence-electron chi connectivity index (χ2n) is 11.1. The van der Waals surface area contributed by atoms with Crippen LogP contribution in [0.15, 0.2) is 77.3 Å². The topological polar surface area (TPSA) is 91.3 Å². The van der Waals surface area contributed by atoms with E-state index < -0.39 is 5.97 Å². The molecule has 10 heteroatoms. The largest absolute Gasteiger partial charge is 0.496 e. The first-order valence-corrected chi connectivity index (χ1v) is 15.8. The number of ether oxygens (including phenoxy) is 2. The molecule has 2 N–H and O–H groups in total. The second-order valence-corrected chi connectivity index (χ2v) is 12.0. The molecule has 1 amide bonds. The molecule has 46 heavy (non-hydrogen) atoms. The Morgan fingerprint density at radius 2 is 1.65 bits per heavy atom. The van der Waals surface area contributed by atoms with Crippen molar-refractivity contribution in [3.8, 4) is 22.6 Å².